The summed E-state index contributed by atoms with van der Waals surface area (Å²) in [5.41, 5.74) is 8.06. The Hall–Kier alpha value is -4.13. The zero-order valence-corrected chi connectivity index (χ0v) is 22.4. The van der Waals surface area contributed by atoms with Crippen LogP contribution < -0.4 is 14.9 Å². The van der Waals surface area contributed by atoms with Gasteiger partial charge in [-0.3, -0.25) is 5.43 Å². The lowest BCUT2D eigenvalue weighted by atomic mass is 10.1. The summed E-state index contributed by atoms with van der Waals surface area (Å²) in [5, 5.41) is 5.84. The molecule has 4 aromatic carbocycles. The molecule has 5 rings (SSSR count). The molecule has 38 heavy (non-hydrogen) atoms. The molecule has 0 saturated heterocycles. The minimum Gasteiger partial charge on any atom is -0.490 e. The van der Waals surface area contributed by atoms with Gasteiger partial charge in [0.2, 0.25) is 5.13 Å². The molecule has 0 amide bonds. The Morgan fingerprint density at radius 2 is 1.58 bits per heavy atom. The summed E-state index contributed by atoms with van der Waals surface area (Å²) in [6.45, 7) is 2.96. The molecule has 0 aliphatic rings. The smallest absolute Gasteiger partial charge is 0.204 e. The van der Waals surface area contributed by atoms with Crippen LogP contribution in [-0.4, -0.2) is 17.8 Å². The first-order valence-corrected chi connectivity index (χ1v) is 13.4. The molecule has 0 aliphatic carbocycles. The number of anilines is 1. The van der Waals surface area contributed by atoms with Gasteiger partial charge in [-0.15, -0.1) is 0 Å². The predicted octanol–water partition coefficient (Wildman–Crippen LogP) is 8.55. The van der Waals surface area contributed by atoms with Gasteiger partial charge in [0.25, 0.3) is 0 Å². The Kier molecular flexibility index (Phi) is 8.33. The molecule has 5 aromatic rings. The second-order valence-electron chi connectivity index (χ2n) is 8.35. The zero-order chi connectivity index (χ0) is 26.2. The molecule has 5 nitrogen and oxygen atoms in total. The van der Waals surface area contributed by atoms with Gasteiger partial charge in [-0.05, 0) is 53.9 Å². The lowest BCUT2D eigenvalue weighted by Crippen LogP contribution is -2.00. The fraction of sp³-hybridized carbons (Fsp3) is 0.0968. The highest BCUT2D eigenvalue weighted by molar-refractivity contribution is 7.19. The normalized spacial score (nSPS) is 11.0. The van der Waals surface area contributed by atoms with E-state index >= 15 is 0 Å². The number of hydrogen-bond donors (Lipinski definition) is 1. The highest BCUT2D eigenvalue weighted by Gasteiger charge is 2.15. The number of nitrogens with zero attached hydrogens (tertiary/aromatic N) is 2. The fourth-order valence-electron chi connectivity index (χ4n) is 3.85. The highest BCUT2D eigenvalue weighted by Crippen LogP contribution is 2.39. The van der Waals surface area contributed by atoms with E-state index in [0.717, 1.165) is 32.8 Å². The van der Waals surface area contributed by atoms with Crippen LogP contribution in [0.25, 0.3) is 21.7 Å². The Morgan fingerprint density at radius 1 is 0.842 bits per heavy atom. The van der Waals surface area contributed by atoms with E-state index in [1.807, 2.05) is 97.9 Å². The topological polar surface area (TPSA) is 55.7 Å². The minimum absolute atomic E-state index is 0.472. The molecular formula is C31H26ClN3O2S. The summed E-state index contributed by atoms with van der Waals surface area (Å²) < 4.78 is 11.8. The van der Waals surface area contributed by atoms with Crippen LogP contribution in [0, 0.1) is 0 Å². The van der Waals surface area contributed by atoms with Crippen molar-refractivity contribution in [3.8, 4) is 33.2 Å². The largest absolute Gasteiger partial charge is 0.490 e. The van der Waals surface area contributed by atoms with Crippen LogP contribution >= 0.6 is 22.9 Å². The highest BCUT2D eigenvalue weighted by atomic mass is 35.5. The van der Waals surface area contributed by atoms with Crippen molar-refractivity contribution < 1.29 is 9.47 Å². The average molecular weight is 540 g/mol. The summed E-state index contributed by atoms with van der Waals surface area (Å²) in [4.78, 5) is 5.89. The predicted molar refractivity (Wildman–Crippen MR) is 158 cm³/mol. The van der Waals surface area contributed by atoms with Gasteiger partial charge < -0.3 is 9.47 Å². The third-order valence-corrected chi connectivity index (χ3v) is 6.92. The molecule has 0 bridgehead atoms. The van der Waals surface area contributed by atoms with Crippen LogP contribution in [0.4, 0.5) is 5.13 Å². The standard InChI is InChI=1S/C31H26ClN3O2S/c1-2-36-28-19-23(13-18-27(28)37-21-22-9-5-3-6-10-22)20-33-35-31-34-29(24-11-7-4-8-12-24)30(38-31)25-14-16-26(32)17-15-25/h3-20H,2,21H2,1H3,(H,34,35). The first-order valence-electron chi connectivity index (χ1n) is 12.2. The van der Waals surface area contributed by atoms with E-state index in [-0.39, 0.29) is 0 Å². The number of hydrazone groups is 1. The van der Waals surface area contributed by atoms with E-state index in [9.17, 15) is 0 Å². The molecule has 190 valence electrons. The summed E-state index contributed by atoms with van der Waals surface area (Å²) in [5.74, 6) is 1.37. The van der Waals surface area contributed by atoms with Crippen LogP contribution in [0.5, 0.6) is 11.5 Å². The Morgan fingerprint density at radius 3 is 2.32 bits per heavy atom. The van der Waals surface area contributed by atoms with Gasteiger partial charge in [0.05, 0.1) is 23.4 Å². The minimum atomic E-state index is 0.472. The number of aromatic nitrogens is 1. The van der Waals surface area contributed by atoms with E-state index in [0.29, 0.717) is 34.9 Å². The Labute approximate surface area is 231 Å². The van der Waals surface area contributed by atoms with E-state index < -0.39 is 0 Å². The zero-order valence-electron chi connectivity index (χ0n) is 20.8. The molecule has 0 atom stereocenters. The van der Waals surface area contributed by atoms with Crippen molar-refractivity contribution in [1.82, 2.24) is 4.98 Å². The molecule has 0 saturated carbocycles. The summed E-state index contributed by atoms with van der Waals surface area (Å²) in [6, 6.07) is 33.7. The first-order chi connectivity index (χ1) is 18.7. The quantitative estimate of drug-likeness (QED) is 0.143. The summed E-state index contributed by atoms with van der Waals surface area (Å²) in [6.07, 6.45) is 1.75. The molecule has 1 heterocycles. The van der Waals surface area contributed by atoms with Crippen molar-refractivity contribution in [2.45, 2.75) is 13.5 Å². The third-order valence-electron chi connectivity index (χ3n) is 5.66. The van der Waals surface area contributed by atoms with Crippen LogP contribution in [0.3, 0.4) is 0 Å². The van der Waals surface area contributed by atoms with Crippen LogP contribution in [0.2, 0.25) is 5.02 Å². The molecule has 0 aliphatic heterocycles. The molecule has 0 spiro atoms. The molecule has 7 heteroatoms. The maximum absolute atomic E-state index is 6.11. The van der Waals surface area contributed by atoms with Crippen molar-refractivity contribution in [3.05, 3.63) is 119 Å². The Balaban J connectivity index is 1.34. The fourth-order valence-corrected chi connectivity index (χ4v) is 4.92. The van der Waals surface area contributed by atoms with E-state index in [4.69, 9.17) is 26.1 Å². The van der Waals surface area contributed by atoms with Gasteiger partial charge >= 0.3 is 0 Å². The van der Waals surface area contributed by atoms with Gasteiger partial charge in [0.1, 0.15) is 6.61 Å². The maximum Gasteiger partial charge on any atom is 0.204 e. The Bertz CT molecular complexity index is 1500. The van der Waals surface area contributed by atoms with Gasteiger partial charge in [-0.25, -0.2) is 4.98 Å². The monoisotopic (exact) mass is 539 g/mol. The molecule has 1 N–H and O–H groups in total. The number of ether oxygens (including phenoxy) is 2. The number of hydrogen-bond acceptors (Lipinski definition) is 6. The lowest BCUT2D eigenvalue weighted by molar-refractivity contribution is 0.269. The second-order valence-corrected chi connectivity index (χ2v) is 9.79. The van der Waals surface area contributed by atoms with Crippen LogP contribution in [0.15, 0.2) is 108 Å². The third kappa shape index (κ3) is 6.40. The van der Waals surface area contributed by atoms with Crippen molar-refractivity contribution in [2.75, 3.05) is 12.0 Å². The number of rotatable bonds is 10. The van der Waals surface area contributed by atoms with Crippen molar-refractivity contribution in [1.29, 1.82) is 0 Å². The van der Waals surface area contributed by atoms with Gasteiger partial charge in [0.15, 0.2) is 11.5 Å². The van der Waals surface area contributed by atoms with E-state index in [2.05, 4.69) is 22.7 Å². The number of halogens is 1. The maximum atomic E-state index is 6.11. The number of thiazole rings is 1. The van der Waals surface area contributed by atoms with E-state index in [1.54, 1.807) is 17.6 Å². The SMILES string of the molecule is CCOc1cc(C=NNc2nc(-c3ccccc3)c(-c3ccc(Cl)cc3)s2)ccc1OCc1ccccc1. The van der Waals surface area contributed by atoms with Gasteiger partial charge in [-0.2, -0.15) is 5.10 Å². The van der Waals surface area contributed by atoms with E-state index in [1.165, 1.54) is 0 Å². The molecule has 0 radical (unpaired) electrons. The second kappa shape index (κ2) is 12.4. The van der Waals surface area contributed by atoms with Crippen LogP contribution in [-0.2, 0) is 6.61 Å². The van der Waals surface area contributed by atoms with Gasteiger partial charge in [-0.1, -0.05) is 95.7 Å². The van der Waals surface area contributed by atoms with Crippen molar-refractivity contribution in [3.63, 3.8) is 0 Å². The lowest BCUT2D eigenvalue weighted by Gasteiger charge is -2.12. The van der Waals surface area contributed by atoms with Crippen LogP contribution in [0.1, 0.15) is 18.1 Å². The van der Waals surface area contributed by atoms with Crippen molar-refractivity contribution in [2.24, 2.45) is 5.10 Å². The first kappa shape index (κ1) is 25.5. The van der Waals surface area contributed by atoms with Crippen molar-refractivity contribution >= 4 is 34.3 Å². The molecule has 0 unspecified atom stereocenters. The summed E-state index contributed by atoms with van der Waals surface area (Å²) in [7, 11) is 0. The molecular weight excluding hydrogens is 514 g/mol. The average Bonchev–Trinajstić information content (AvgIpc) is 3.38. The summed E-state index contributed by atoms with van der Waals surface area (Å²) >= 11 is 7.66. The molecule has 1 aromatic heterocycles. The number of benzene rings is 4. The van der Waals surface area contributed by atoms with Gasteiger partial charge in [0, 0.05) is 10.6 Å². The number of nitrogens with one attached hydrogen (secondary N) is 1. The molecule has 0 fully saturated rings.